The molecule has 3 heteroatoms. The lowest BCUT2D eigenvalue weighted by Crippen LogP contribution is -2.56. The van der Waals surface area contributed by atoms with Gasteiger partial charge >= 0.3 is 0 Å². The summed E-state index contributed by atoms with van der Waals surface area (Å²) in [6, 6.07) is 10.4. The van der Waals surface area contributed by atoms with Gasteiger partial charge in [-0.05, 0) is 35.2 Å². The topological polar surface area (TPSA) is 26.3 Å². The molecule has 1 aromatic carbocycles. The SMILES string of the molecule is O=C1C2C=C(Br)C(CC2c2ccccc2)[C@@]12CCCO2. The smallest absolute Gasteiger partial charge is 0.172 e. The number of allylic oxidation sites excluding steroid dienone is 1. The van der Waals surface area contributed by atoms with Crippen molar-refractivity contribution in [2.75, 3.05) is 6.61 Å². The van der Waals surface area contributed by atoms with E-state index in [0.29, 0.717) is 11.7 Å². The molecule has 1 saturated heterocycles. The Balaban J connectivity index is 1.76. The van der Waals surface area contributed by atoms with Crippen LogP contribution in [-0.4, -0.2) is 18.0 Å². The maximum atomic E-state index is 12.9. The molecule has 20 heavy (non-hydrogen) atoms. The van der Waals surface area contributed by atoms with Crippen LogP contribution in [0.25, 0.3) is 0 Å². The Bertz CT molecular complexity index is 572. The summed E-state index contributed by atoms with van der Waals surface area (Å²) < 4.78 is 7.14. The van der Waals surface area contributed by atoms with E-state index in [1.807, 2.05) is 6.07 Å². The first-order chi connectivity index (χ1) is 9.72. The lowest BCUT2D eigenvalue weighted by atomic mass is 9.58. The minimum Gasteiger partial charge on any atom is -0.367 e. The molecular weight excluding hydrogens is 316 g/mol. The number of halogens is 1. The molecule has 5 rings (SSSR count). The Hall–Kier alpha value is -0.930. The molecule has 2 bridgehead atoms. The fraction of sp³-hybridized carbons (Fsp3) is 0.471. The van der Waals surface area contributed by atoms with E-state index in [0.717, 1.165) is 25.9 Å². The quantitative estimate of drug-likeness (QED) is 0.781. The molecule has 104 valence electrons. The van der Waals surface area contributed by atoms with E-state index >= 15 is 0 Å². The molecule has 3 unspecified atom stereocenters. The largest absolute Gasteiger partial charge is 0.367 e. The standard InChI is InChI=1S/C17H17BrO2/c18-15-10-13-12(11-5-2-1-3-6-11)9-14(15)17(16(13)19)7-4-8-20-17/h1-3,5-6,10,12-14H,4,7-9H2/t12?,13?,14?,17-/m0/s1. The van der Waals surface area contributed by atoms with Gasteiger partial charge in [0.15, 0.2) is 5.78 Å². The molecular formula is C17H17BrO2. The molecule has 3 aliphatic carbocycles. The molecule has 4 aliphatic rings. The van der Waals surface area contributed by atoms with Crippen LogP contribution in [0.3, 0.4) is 0 Å². The van der Waals surface area contributed by atoms with Gasteiger partial charge in [-0.25, -0.2) is 0 Å². The molecule has 0 aromatic heterocycles. The van der Waals surface area contributed by atoms with Gasteiger partial charge < -0.3 is 4.74 Å². The Morgan fingerprint density at radius 2 is 2.05 bits per heavy atom. The number of Topliss-reactive ketones (excluding diaryl/α,β-unsaturated/α-hetero) is 1. The fourth-order valence-corrected chi connectivity index (χ4v) is 5.06. The van der Waals surface area contributed by atoms with Crippen molar-refractivity contribution in [3.8, 4) is 0 Å². The number of ketones is 1. The molecule has 4 atom stereocenters. The summed E-state index contributed by atoms with van der Waals surface area (Å²) in [6.45, 7) is 0.727. The second kappa shape index (κ2) is 4.54. The molecule has 0 N–H and O–H groups in total. The first-order valence-electron chi connectivity index (χ1n) is 7.33. The monoisotopic (exact) mass is 332 g/mol. The van der Waals surface area contributed by atoms with E-state index in [1.165, 1.54) is 10.0 Å². The molecule has 2 nitrogen and oxygen atoms in total. The summed E-state index contributed by atoms with van der Waals surface area (Å²) in [5.41, 5.74) is 0.753. The second-order valence-corrected chi connectivity index (χ2v) is 7.00. The third-order valence-corrected chi connectivity index (χ3v) is 5.97. The van der Waals surface area contributed by atoms with E-state index in [4.69, 9.17) is 4.74 Å². The summed E-state index contributed by atoms with van der Waals surface area (Å²) in [7, 11) is 0. The van der Waals surface area contributed by atoms with Gasteiger partial charge in [-0.15, -0.1) is 0 Å². The number of carbonyl (C=O) groups excluding carboxylic acids is 1. The zero-order valence-corrected chi connectivity index (χ0v) is 12.8. The van der Waals surface area contributed by atoms with E-state index in [1.54, 1.807) is 0 Å². The van der Waals surface area contributed by atoms with Crippen molar-refractivity contribution in [3.05, 3.63) is 46.5 Å². The van der Waals surface area contributed by atoms with E-state index in [9.17, 15) is 4.79 Å². The highest BCUT2D eigenvalue weighted by Gasteiger charge is 2.59. The fourth-order valence-electron chi connectivity index (χ4n) is 4.22. The number of hydrogen-bond acceptors (Lipinski definition) is 2. The third-order valence-electron chi connectivity index (χ3n) is 5.16. The number of carbonyl (C=O) groups is 1. The molecule has 1 heterocycles. The molecule has 2 fully saturated rings. The van der Waals surface area contributed by atoms with Crippen LogP contribution >= 0.6 is 15.9 Å². The van der Waals surface area contributed by atoms with Gasteiger partial charge in [0.05, 0.1) is 0 Å². The third kappa shape index (κ3) is 1.63. The van der Waals surface area contributed by atoms with Crippen LogP contribution in [0.1, 0.15) is 30.7 Å². The molecule has 0 radical (unpaired) electrons. The van der Waals surface area contributed by atoms with Crippen molar-refractivity contribution < 1.29 is 9.53 Å². The van der Waals surface area contributed by atoms with Crippen molar-refractivity contribution in [2.24, 2.45) is 11.8 Å². The maximum Gasteiger partial charge on any atom is 0.172 e. The Morgan fingerprint density at radius 3 is 2.75 bits per heavy atom. The first-order valence-corrected chi connectivity index (χ1v) is 8.12. The maximum absolute atomic E-state index is 12.9. The van der Waals surface area contributed by atoms with Crippen LogP contribution in [0, 0.1) is 11.8 Å². The highest BCUT2D eigenvalue weighted by Crippen LogP contribution is 2.56. The molecule has 1 saturated carbocycles. The van der Waals surface area contributed by atoms with Crippen molar-refractivity contribution in [3.63, 3.8) is 0 Å². The van der Waals surface area contributed by atoms with Gasteiger partial charge in [-0.2, -0.15) is 0 Å². The predicted molar refractivity (Wildman–Crippen MR) is 80.7 cm³/mol. The minimum atomic E-state index is -0.524. The summed E-state index contributed by atoms with van der Waals surface area (Å²) >= 11 is 3.69. The highest BCUT2D eigenvalue weighted by molar-refractivity contribution is 9.11. The Labute approximate surface area is 127 Å². The number of ether oxygens (including phenoxy) is 1. The summed E-state index contributed by atoms with van der Waals surface area (Å²) in [4.78, 5) is 12.9. The van der Waals surface area contributed by atoms with Crippen LogP contribution < -0.4 is 0 Å². The minimum absolute atomic E-state index is 0.0325. The highest BCUT2D eigenvalue weighted by atomic mass is 79.9. The van der Waals surface area contributed by atoms with Gasteiger partial charge in [0.2, 0.25) is 0 Å². The number of hydrogen-bond donors (Lipinski definition) is 0. The zero-order chi connectivity index (χ0) is 13.7. The Kier molecular flexibility index (Phi) is 2.90. The number of fused-ring (bicyclic) bond motifs is 1. The van der Waals surface area contributed by atoms with E-state index < -0.39 is 5.60 Å². The van der Waals surface area contributed by atoms with E-state index in [2.05, 4.69) is 46.3 Å². The summed E-state index contributed by atoms with van der Waals surface area (Å²) in [5.74, 6) is 0.788. The number of benzene rings is 1. The summed E-state index contributed by atoms with van der Waals surface area (Å²) in [5, 5.41) is 0. The first kappa shape index (κ1) is 12.8. The van der Waals surface area contributed by atoms with Gasteiger partial charge in [-0.1, -0.05) is 52.3 Å². The summed E-state index contributed by atoms with van der Waals surface area (Å²) in [6.07, 6.45) is 5.03. The van der Waals surface area contributed by atoms with Crippen LogP contribution in [0.5, 0.6) is 0 Å². The van der Waals surface area contributed by atoms with Gasteiger partial charge in [0.25, 0.3) is 0 Å². The average molecular weight is 333 g/mol. The van der Waals surface area contributed by atoms with E-state index in [-0.39, 0.29) is 11.8 Å². The molecule has 1 aliphatic heterocycles. The zero-order valence-electron chi connectivity index (χ0n) is 11.2. The molecule has 0 amide bonds. The van der Waals surface area contributed by atoms with Crippen molar-refractivity contribution in [1.82, 2.24) is 0 Å². The van der Waals surface area contributed by atoms with Crippen molar-refractivity contribution in [2.45, 2.75) is 30.8 Å². The Morgan fingerprint density at radius 1 is 1.25 bits per heavy atom. The van der Waals surface area contributed by atoms with Gasteiger partial charge in [0.1, 0.15) is 5.60 Å². The second-order valence-electron chi connectivity index (χ2n) is 6.09. The van der Waals surface area contributed by atoms with Crippen LogP contribution in [0.2, 0.25) is 0 Å². The van der Waals surface area contributed by atoms with Crippen molar-refractivity contribution >= 4 is 21.7 Å². The van der Waals surface area contributed by atoms with Gasteiger partial charge in [0, 0.05) is 18.4 Å². The van der Waals surface area contributed by atoms with Gasteiger partial charge in [-0.3, -0.25) is 4.79 Å². The normalized spacial score (nSPS) is 39.4. The van der Waals surface area contributed by atoms with Crippen LogP contribution in [0.15, 0.2) is 40.9 Å². The predicted octanol–water partition coefficient (Wildman–Crippen LogP) is 3.82. The van der Waals surface area contributed by atoms with Crippen molar-refractivity contribution in [1.29, 1.82) is 0 Å². The lowest BCUT2D eigenvalue weighted by molar-refractivity contribution is -0.154. The number of rotatable bonds is 1. The van der Waals surface area contributed by atoms with Crippen LogP contribution in [-0.2, 0) is 9.53 Å². The average Bonchev–Trinajstić information content (AvgIpc) is 2.95. The van der Waals surface area contributed by atoms with Crippen LogP contribution in [0.4, 0.5) is 0 Å². The molecule has 1 spiro atoms. The lowest BCUT2D eigenvalue weighted by Gasteiger charge is -2.49. The molecule has 1 aromatic rings.